The minimum Gasteiger partial charge on any atom is -0.494 e. The highest BCUT2D eigenvalue weighted by atomic mass is 35.5. The number of amides is 1. The molecule has 2 aromatic rings. The number of nitrogens with zero attached hydrogens (tertiary/aromatic N) is 1. The SMILES string of the molecule is CCOc1ccc(NC(=O)CCCOc2ccc(Cl)cc2Cl)c([N+](=O)[O-])c1. The number of carbonyl (C=O) groups is 1. The van der Waals surface area contributed by atoms with Crippen LogP contribution in [0.15, 0.2) is 36.4 Å². The summed E-state index contributed by atoms with van der Waals surface area (Å²) in [5.41, 5.74) is -0.103. The number of nitro groups is 1. The molecular weight excluding hydrogens is 395 g/mol. The Kier molecular flexibility index (Phi) is 7.69. The number of hydrogen-bond donors (Lipinski definition) is 1. The number of ether oxygens (including phenoxy) is 2. The van der Waals surface area contributed by atoms with Crippen LogP contribution >= 0.6 is 23.2 Å². The van der Waals surface area contributed by atoms with Gasteiger partial charge in [-0.25, -0.2) is 0 Å². The first-order chi connectivity index (χ1) is 12.9. The second-order valence-electron chi connectivity index (χ2n) is 5.44. The van der Waals surface area contributed by atoms with Crippen LogP contribution in [-0.4, -0.2) is 24.0 Å². The van der Waals surface area contributed by atoms with Crippen molar-refractivity contribution in [3.63, 3.8) is 0 Å². The highest BCUT2D eigenvalue weighted by molar-refractivity contribution is 6.35. The molecular formula is C18H18Cl2N2O5. The Morgan fingerprint density at radius 1 is 1.19 bits per heavy atom. The lowest BCUT2D eigenvalue weighted by Gasteiger charge is -2.10. The lowest BCUT2D eigenvalue weighted by molar-refractivity contribution is -0.384. The van der Waals surface area contributed by atoms with E-state index in [1.807, 2.05) is 0 Å². The summed E-state index contributed by atoms with van der Waals surface area (Å²) < 4.78 is 10.7. The number of nitro benzene ring substituents is 1. The third-order valence-electron chi connectivity index (χ3n) is 3.45. The first-order valence-electron chi connectivity index (χ1n) is 8.19. The van der Waals surface area contributed by atoms with Crippen molar-refractivity contribution in [1.29, 1.82) is 0 Å². The Morgan fingerprint density at radius 3 is 2.63 bits per heavy atom. The number of benzene rings is 2. The lowest BCUT2D eigenvalue weighted by Crippen LogP contribution is -2.14. The number of rotatable bonds is 9. The molecule has 0 heterocycles. The molecule has 1 N–H and O–H groups in total. The van der Waals surface area contributed by atoms with Gasteiger partial charge < -0.3 is 14.8 Å². The zero-order valence-electron chi connectivity index (χ0n) is 14.5. The smallest absolute Gasteiger partial charge is 0.296 e. The molecule has 9 heteroatoms. The third kappa shape index (κ3) is 6.30. The van der Waals surface area contributed by atoms with Gasteiger partial charge in [0, 0.05) is 11.4 Å². The van der Waals surface area contributed by atoms with Crippen molar-refractivity contribution in [3.05, 3.63) is 56.6 Å². The van der Waals surface area contributed by atoms with Crippen molar-refractivity contribution in [2.45, 2.75) is 19.8 Å². The molecule has 0 aliphatic carbocycles. The van der Waals surface area contributed by atoms with Gasteiger partial charge in [0.05, 0.1) is 29.2 Å². The van der Waals surface area contributed by atoms with E-state index in [9.17, 15) is 14.9 Å². The molecule has 0 saturated carbocycles. The highest BCUT2D eigenvalue weighted by Gasteiger charge is 2.17. The Morgan fingerprint density at radius 2 is 1.96 bits per heavy atom. The predicted octanol–water partition coefficient (Wildman–Crippen LogP) is 5.10. The topological polar surface area (TPSA) is 90.7 Å². The van der Waals surface area contributed by atoms with Crippen LogP contribution in [0.5, 0.6) is 11.5 Å². The molecule has 0 atom stereocenters. The minimum atomic E-state index is -0.566. The van der Waals surface area contributed by atoms with E-state index in [0.717, 1.165) is 0 Å². The van der Waals surface area contributed by atoms with Crippen LogP contribution in [0.2, 0.25) is 10.0 Å². The van der Waals surface area contributed by atoms with Crippen molar-refractivity contribution in [2.75, 3.05) is 18.5 Å². The maximum atomic E-state index is 12.1. The molecule has 0 aliphatic heterocycles. The zero-order valence-corrected chi connectivity index (χ0v) is 16.0. The normalized spacial score (nSPS) is 10.3. The number of nitrogens with one attached hydrogen (secondary N) is 1. The van der Waals surface area contributed by atoms with Gasteiger partial charge in [0.2, 0.25) is 5.91 Å². The Labute approximate surface area is 166 Å². The fourth-order valence-corrected chi connectivity index (χ4v) is 2.71. The summed E-state index contributed by atoms with van der Waals surface area (Å²) in [5, 5.41) is 14.6. The predicted molar refractivity (Wildman–Crippen MR) is 104 cm³/mol. The van der Waals surface area contributed by atoms with E-state index in [0.29, 0.717) is 34.6 Å². The number of anilines is 1. The summed E-state index contributed by atoms with van der Waals surface area (Å²) in [5.74, 6) is 0.493. The average Bonchev–Trinajstić information content (AvgIpc) is 2.61. The van der Waals surface area contributed by atoms with Gasteiger partial charge in [0.1, 0.15) is 17.2 Å². The van der Waals surface area contributed by atoms with Crippen molar-refractivity contribution < 1.29 is 19.2 Å². The Bertz CT molecular complexity index is 829. The third-order valence-corrected chi connectivity index (χ3v) is 3.98. The van der Waals surface area contributed by atoms with Crippen LogP contribution in [0.3, 0.4) is 0 Å². The fraction of sp³-hybridized carbons (Fsp3) is 0.278. The summed E-state index contributed by atoms with van der Waals surface area (Å²) in [6, 6.07) is 9.16. The lowest BCUT2D eigenvalue weighted by atomic mass is 10.2. The van der Waals surface area contributed by atoms with Crippen molar-refractivity contribution in [3.8, 4) is 11.5 Å². The van der Waals surface area contributed by atoms with E-state index in [2.05, 4.69) is 5.32 Å². The van der Waals surface area contributed by atoms with Gasteiger partial charge in [0.15, 0.2) is 0 Å². The van der Waals surface area contributed by atoms with Gasteiger partial charge in [0.25, 0.3) is 5.69 Å². The highest BCUT2D eigenvalue weighted by Crippen LogP contribution is 2.30. The quantitative estimate of drug-likeness (QED) is 0.351. The summed E-state index contributed by atoms with van der Waals surface area (Å²) in [6.07, 6.45) is 0.547. The monoisotopic (exact) mass is 412 g/mol. The number of hydrogen-bond acceptors (Lipinski definition) is 5. The van der Waals surface area contributed by atoms with E-state index in [-0.39, 0.29) is 30.3 Å². The molecule has 0 aliphatic rings. The average molecular weight is 413 g/mol. The molecule has 0 aromatic heterocycles. The number of carbonyl (C=O) groups excluding carboxylic acids is 1. The van der Waals surface area contributed by atoms with Crippen LogP contribution < -0.4 is 14.8 Å². The van der Waals surface area contributed by atoms with E-state index < -0.39 is 4.92 Å². The molecule has 0 spiro atoms. The molecule has 27 heavy (non-hydrogen) atoms. The fourth-order valence-electron chi connectivity index (χ4n) is 2.24. The van der Waals surface area contributed by atoms with Crippen molar-refractivity contribution in [2.24, 2.45) is 0 Å². The van der Waals surface area contributed by atoms with Crippen molar-refractivity contribution in [1.82, 2.24) is 0 Å². The van der Waals surface area contributed by atoms with E-state index >= 15 is 0 Å². The first-order valence-corrected chi connectivity index (χ1v) is 8.95. The van der Waals surface area contributed by atoms with Crippen LogP contribution in [0.1, 0.15) is 19.8 Å². The zero-order chi connectivity index (χ0) is 19.8. The summed E-state index contributed by atoms with van der Waals surface area (Å²) >= 11 is 11.8. The molecule has 2 aromatic carbocycles. The molecule has 144 valence electrons. The van der Waals surface area contributed by atoms with E-state index in [4.69, 9.17) is 32.7 Å². The Balaban J connectivity index is 1.87. The minimum absolute atomic E-state index is 0.120. The van der Waals surface area contributed by atoms with Crippen LogP contribution in [0, 0.1) is 10.1 Å². The van der Waals surface area contributed by atoms with Gasteiger partial charge in [-0.1, -0.05) is 23.2 Å². The standard InChI is InChI=1S/C18H18Cl2N2O5/c1-2-26-13-6-7-15(16(11-13)22(24)25)21-18(23)4-3-9-27-17-8-5-12(19)10-14(17)20/h5-8,10-11H,2-4,9H2,1H3,(H,21,23). The van der Waals surface area contributed by atoms with Crippen LogP contribution in [0.25, 0.3) is 0 Å². The Hall–Kier alpha value is -2.51. The van der Waals surface area contributed by atoms with E-state index in [1.165, 1.54) is 12.1 Å². The van der Waals surface area contributed by atoms with Crippen LogP contribution in [0.4, 0.5) is 11.4 Å². The molecule has 0 fully saturated rings. The molecule has 1 amide bonds. The van der Waals surface area contributed by atoms with Gasteiger partial charge >= 0.3 is 0 Å². The summed E-state index contributed by atoms with van der Waals surface area (Å²) in [7, 11) is 0. The van der Waals surface area contributed by atoms with Gasteiger partial charge in [-0.15, -0.1) is 0 Å². The van der Waals surface area contributed by atoms with Crippen LogP contribution in [-0.2, 0) is 4.79 Å². The maximum Gasteiger partial charge on any atom is 0.296 e. The maximum absolute atomic E-state index is 12.1. The second-order valence-corrected chi connectivity index (χ2v) is 6.29. The number of halogens is 2. The second kappa shape index (κ2) is 9.99. The molecule has 7 nitrogen and oxygen atoms in total. The van der Waals surface area contributed by atoms with E-state index in [1.54, 1.807) is 31.2 Å². The van der Waals surface area contributed by atoms with Crippen molar-refractivity contribution >= 4 is 40.5 Å². The van der Waals surface area contributed by atoms with Gasteiger partial charge in [-0.05, 0) is 43.7 Å². The largest absolute Gasteiger partial charge is 0.494 e. The molecule has 2 rings (SSSR count). The molecule has 0 bridgehead atoms. The van der Waals surface area contributed by atoms with Gasteiger partial charge in [-0.2, -0.15) is 0 Å². The summed E-state index contributed by atoms with van der Waals surface area (Å²) in [4.78, 5) is 22.7. The molecule has 0 saturated heterocycles. The summed E-state index contributed by atoms with van der Waals surface area (Å²) in [6.45, 7) is 2.43. The molecule has 0 radical (unpaired) electrons. The molecule has 0 unspecified atom stereocenters. The first kappa shape index (κ1) is 20.8. The van der Waals surface area contributed by atoms with Gasteiger partial charge in [-0.3, -0.25) is 14.9 Å².